The van der Waals surface area contributed by atoms with Crippen LogP contribution in [-0.2, 0) is 9.53 Å². The van der Waals surface area contributed by atoms with E-state index in [1.54, 1.807) is 6.20 Å². The van der Waals surface area contributed by atoms with E-state index in [0.717, 1.165) is 41.9 Å². The number of anilines is 4. The van der Waals surface area contributed by atoms with Gasteiger partial charge < -0.3 is 20.3 Å². The molecule has 3 aromatic rings. The second kappa shape index (κ2) is 10.5. The van der Waals surface area contributed by atoms with Gasteiger partial charge >= 0.3 is 0 Å². The Balaban J connectivity index is 1.40. The number of carbonyl (C=O) groups is 1. The van der Waals surface area contributed by atoms with E-state index in [9.17, 15) is 4.79 Å². The summed E-state index contributed by atoms with van der Waals surface area (Å²) in [5, 5.41) is 6.80. The standard InChI is InChI=1S/C22H22ClN5O2S/c23-15-20(29)25-17-2-1-3-19(14-17)31-21-8-9-24-22(27-21)26-16-4-6-18(7-5-16)28-10-12-30-13-11-28/h1-9,14H,10-13,15H2,(H,25,29)(H,24,26,27). The number of nitrogens with zero attached hydrogens (tertiary/aromatic N) is 3. The summed E-state index contributed by atoms with van der Waals surface area (Å²) in [6.07, 6.45) is 1.72. The highest BCUT2D eigenvalue weighted by Gasteiger charge is 2.11. The van der Waals surface area contributed by atoms with Crippen molar-refractivity contribution >= 4 is 52.3 Å². The van der Waals surface area contributed by atoms with E-state index < -0.39 is 0 Å². The largest absolute Gasteiger partial charge is 0.378 e. The Morgan fingerprint density at radius 3 is 2.68 bits per heavy atom. The molecule has 0 aliphatic carbocycles. The molecular formula is C22H22ClN5O2S. The molecule has 1 amide bonds. The Morgan fingerprint density at radius 1 is 1.10 bits per heavy atom. The van der Waals surface area contributed by atoms with E-state index in [4.69, 9.17) is 16.3 Å². The third-order valence-corrected chi connectivity index (χ3v) is 5.76. The molecule has 1 saturated heterocycles. The molecule has 0 radical (unpaired) electrons. The first kappa shape index (κ1) is 21.4. The second-order valence-corrected chi connectivity index (χ2v) is 8.16. The Labute approximate surface area is 190 Å². The molecule has 4 rings (SSSR count). The summed E-state index contributed by atoms with van der Waals surface area (Å²) in [7, 11) is 0. The summed E-state index contributed by atoms with van der Waals surface area (Å²) < 4.78 is 5.41. The highest BCUT2D eigenvalue weighted by Crippen LogP contribution is 2.29. The van der Waals surface area contributed by atoms with Crippen LogP contribution in [0.5, 0.6) is 0 Å². The second-order valence-electron chi connectivity index (χ2n) is 6.80. The summed E-state index contributed by atoms with van der Waals surface area (Å²) in [4.78, 5) is 23.7. The van der Waals surface area contributed by atoms with Crippen molar-refractivity contribution in [1.29, 1.82) is 0 Å². The zero-order valence-corrected chi connectivity index (χ0v) is 18.3. The van der Waals surface area contributed by atoms with Gasteiger partial charge in [0.15, 0.2) is 0 Å². The van der Waals surface area contributed by atoms with E-state index >= 15 is 0 Å². The lowest BCUT2D eigenvalue weighted by Gasteiger charge is -2.28. The molecule has 1 aliphatic rings. The molecule has 1 aromatic heterocycles. The van der Waals surface area contributed by atoms with Crippen molar-refractivity contribution in [1.82, 2.24) is 9.97 Å². The normalized spacial score (nSPS) is 13.6. The van der Waals surface area contributed by atoms with Crippen LogP contribution >= 0.6 is 23.4 Å². The van der Waals surface area contributed by atoms with Gasteiger partial charge in [0.2, 0.25) is 11.9 Å². The maximum atomic E-state index is 11.5. The first-order valence-electron chi connectivity index (χ1n) is 9.86. The molecular weight excluding hydrogens is 434 g/mol. The van der Waals surface area contributed by atoms with Crippen LogP contribution < -0.4 is 15.5 Å². The quantitative estimate of drug-likeness (QED) is 0.404. The van der Waals surface area contributed by atoms with Crippen LogP contribution in [0.2, 0.25) is 0 Å². The number of alkyl halides is 1. The summed E-state index contributed by atoms with van der Waals surface area (Å²) in [5.41, 5.74) is 2.80. The van der Waals surface area contributed by atoms with E-state index in [1.807, 2.05) is 42.5 Å². The zero-order valence-electron chi connectivity index (χ0n) is 16.8. The first-order valence-corrected chi connectivity index (χ1v) is 11.2. The number of aromatic nitrogens is 2. The van der Waals surface area contributed by atoms with Crippen molar-refractivity contribution in [3.8, 4) is 0 Å². The highest BCUT2D eigenvalue weighted by atomic mass is 35.5. The van der Waals surface area contributed by atoms with Crippen LogP contribution in [-0.4, -0.2) is 48.1 Å². The van der Waals surface area contributed by atoms with Crippen LogP contribution in [0.3, 0.4) is 0 Å². The molecule has 0 atom stereocenters. The number of ether oxygens (including phenoxy) is 1. The van der Waals surface area contributed by atoms with Crippen LogP contribution in [0.4, 0.5) is 23.0 Å². The lowest BCUT2D eigenvalue weighted by atomic mass is 10.2. The summed E-state index contributed by atoms with van der Waals surface area (Å²) in [6, 6.07) is 17.6. The number of carbonyl (C=O) groups excluding carboxylic acids is 1. The number of morpholine rings is 1. The van der Waals surface area contributed by atoms with Crippen molar-refractivity contribution in [2.45, 2.75) is 9.92 Å². The molecule has 1 fully saturated rings. The van der Waals surface area contributed by atoms with E-state index in [0.29, 0.717) is 11.6 Å². The van der Waals surface area contributed by atoms with Gasteiger partial charge in [0.25, 0.3) is 0 Å². The fraction of sp³-hybridized carbons (Fsp3) is 0.227. The topological polar surface area (TPSA) is 79.4 Å². The summed E-state index contributed by atoms with van der Waals surface area (Å²) >= 11 is 7.04. The predicted molar refractivity (Wildman–Crippen MR) is 125 cm³/mol. The molecule has 2 N–H and O–H groups in total. The van der Waals surface area contributed by atoms with Crippen molar-refractivity contribution in [2.24, 2.45) is 0 Å². The Morgan fingerprint density at radius 2 is 1.90 bits per heavy atom. The van der Waals surface area contributed by atoms with Crippen molar-refractivity contribution in [2.75, 3.05) is 47.7 Å². The minimum absolute atomic E-state index is 0.0776. The molecule has 9 heteroatoms. The molecule has 160 valence electrons. The summed E-state index contributed by atoms with van der Waals surface area (Å²) in [5.74, 6) is 0.207. The minimum atomic E-state index is -0.239. The van der Waals surface area contributed by atoms with Crippen molar-refractivity contribution in [3.63, 3.8) is 0 Å². The molecule has 0 saturated carbocycles. The smallest absolute Gasteiger partial charge is 0.239 e. The third-order valence-electron chi connectivity index (χ3n) is 4.59. The minimum Gasteiger partial charge on any atom is -0.378 e. The fourth-order valence-electron chi connectivity index (χ4n) is 3.12. The van der Waals surface area contributed by atoms with E-state index in [-0.39, 0.29) is 11.8 Å². The maximum absolute atomic E-state index is 11.5. The van der Waals surface area contributed by atoms with Gasteiger partial charge in [0.1, 0.15) is 10.9 Å². The van der Waals surface area contributed by atoms with Gasteiger partial charge in [-0.05, 0) is 48.5 Å². The van der Waals surface area contributed by atoms with Crippen molar-refractivity contribution in [3.05, 3.63) is 60.8 Å². The number of halogens is 1. The van der Waals surface area contributed by atoms with Crippen molar-refractivity contribution < 1.29 is 9.53 Å². The van der Waals surface area contributed by atoms with Gasteiger partial charge in [0, 0.05) is 41.2 Å². The average molecular weight is 456 g/mol. The Hall–Kier alpha value is -2.81. The Kier molecular flexibility index (Phi) is 7.24. The Bertz CT molecular complexity index is 1030. The zero-order chi connectivity index (χ0) is 21.5. The van der Waals surface area contributed by atoms with Gasteiger partial charge in [-0.15, -0.1) is 11.6 Å². The molecule has 2 heterocycles. The van der Waals surface area contributed by atoms with Gasteiger partial charge in [-0.25, -0.2) is 9.97 Å². The number of hydrogen-bond donors (Lipinski definition) is 2. The summed E-state index contributed by atoms with van der Waals surface area (Å²) in [6.45, 7) is 3.35. The molecule has 2 aromatic carbocycles. The monoisotopic (exact) mass is 455 g/mol. The number of hydrogen-bond acceptors (Lipinski definition) is 7. The SMILES string of the molecule is O=C(CCl)Nc1cccc(Sc2ccnc(Nc3ccc(N4CCOCC4)cc3)n2)c1. The average Bonchev–Trinajstić information content (AvgIpc) is 2.80. The van der Waals surface area contributed by atoms with Gasteiger partial charge in [0.05, 0.1) is 13.2 Å². The number of rotatable bonds is 7. The number of nitrogens with one attached hydrogen (secondary N) is 2. The van der Waals surface area contributed by atoms with Crippen LogP contribution in [0, 0.1) is 0 Å². The fourth-order valence-corrected chi connectivity index (χ4v) is 4.02. The maximum Gasteiger partial charge on any atom is 0.239 e. The molecule has 31 heavy (non-hydrogen) atoms. The number of benzene rings is 2. The van der Waals surface area contributed by atoms with Crippen LogP contribution in [0.1, 0.15) is 0 Å². The lowest BCUT2D eigenvalue weighted by molar-refractivity contribution is -0.113. The molecule has 1 aliphatic heterocycles. The predicted octanol–water partition coefficient (Wildman–Crippen LogP) is 4.39. The van der Waals surface area contributed by atoms with E-state index in [1.165, 1.54) is 17.4 Å². The van der Waals surface area contributed by atoms with Gasteiger partial charge in [-0.2, -0.15) is 0 Å². The molecule has 0 unspecified atom stereocenters. The molecule has 0 bridgehead atoms. The lowest BCUT2D eigenvalue weighted by Crippen LogP contribution is -2.36. The van der Waals surface area contributed by atoms with Gasteiger partial charge in [-0.1, -0.05) is 17.8 Å². The van der Waals surface area contributed by atoms with Crippen LogP contribution in [0.15, 0.2) is 70.7 Å². The number of amides is 1. The van der Waals surface area contributed by atoms with Gasteiger partial charge in [-0.3, -0.25) is 4.79 Å². The van der Waals surface area contributed by atoms with Crippen LogP contribution in [0.25, 0.3) is 0 Å². The van der Waals surface area contributed by atoms with E-state index in [2.05, 4.69) is 37.6 Å². The first-order chi connectivity index (χ1) is 15.2. The highest BCUT2D eigenvalue weighted by molar-refractivity contribution is 7.99. The third kappa shape index (κ3) is 6.10. The molecule has 7 nitrogen and oxygen atoms in total. The molecule has 0 spiro atoms.